The number of nitrogens with zero attached hydrogens (tertiary/aromatic N) is 2. The van der Waals surface area contributed by atoms with Crippen LogP contribution in [0.15, 0.2) is 227 Å². The lowest BCUT2D eigenvalue weighted by molar-refractivity contribution is 0.669. The maximum Gasteiger partial charge on any atom is 0.143 e. The summed E-state index contributed by atoms with van der Waals surface area (Å²) >= 11 is 0. The molecule has 0 unspecified atom stereocenters. The van der Waals surface area contributed by atoms with Gasteiger partial charge in [-0.2, -0.15) is 0 Å². The third kappa shape index (κ3) is 4.82. The van der Waals surface area contributed by atoms with Crippen molar-refractivity contribution in [1.82, 2.24) is 9.13 Å². The number of aromatic nitrogens is 2. The van der Waals surface area contributed by atoms with Crippen LogP contribution in [0.4, 0.5) is 0 Å². The van der Waals surface area contributed by atoms with Gasteiger partial charge in [-0.25, -0.2) is 0 Å². The van der Waals surface area contributed by atoms with Crippen LogP contribution in [-0.4, -0.2) is 9.13 Å². The molecule has 0 aliphatic heterocycles. The minimum atomic E-state index is 0.876. The molecule has 4 aromatic heterocycles. The molecule has 0 bridgehead atoms. The van der Waals surface area contributed by atoms with Gasteiger partial charge in [0, 0.05) is 76.7 Å². The van der Waals surface area contributed by atoms with E-state index in [0.29, 0.717) is 0 Å². The molecular weight excluding hydrogens is 805 g/mol. The molecule has 0 aliphatic carbocycles. The molecule has 0 spiro atoms. The number of hydrogen-bond acceptors (Lipinski definition) is 2. The van der Waals surface area contributed by atoms with E-state index in [1.54, 1.807) is 0 Å². The Morgan fingerprint density at radius 1 is 0.242 bits per heavy atom. The van der Waals surface area contributed by atoms with Crippen LogP contribution in [0.1, 0.15) is 0 Å². The predicted molar refractivity (Wildman–Crippen MR) is 276 cm³/mol. The minimum absolute atomic E-state index is 0.876. The van der Waals surface area contributed by atoms with Crippen molar-refractivity contribution >= 4 is 109 Å². The second kappa shape index (κ2) is 13.3. The van der Waals surface area contributed by atoms with Crippen LogP contribution in [-0.2, 0) is 0 Å². The van der Waals surface area contributed by atoms with E-state index in [-0.39, 0.29) is 0 Å². The Labute approximate surface area is 377 Å². The molecule has 4 nitrogen and oxygen atoms in total. The van der Waals surface area contributed by atoms with Crippen molar-refractivity contribution in [2.45, 2.75) is 0 Å². The van der Waals surface area contributed by atoms with Crippen LogP contribution in [0.3, 0.4) is 0 Å². The minimum Gasteiger partial charge on any atom is -0.455 e. The SMILES string of the molecule is c1ccc2c(c1)oc1c(-c3c4ccc(-n5c6ccccc6c6ccccc65)cc4c(-c4cccc5c4oc4ccccc45)c4ccc(-n5c6ccccc6c6ccccc65)cc34)cccc12. The van der Waals surface area contributed by atoms with Crippen LogP contribution >= 0.6 is 0 Å². The Bertz CT molecular complexity index is 4140. The fourth-order valence-corrected chi connectivity index (χ4v) is 11.4. The lowest BCUT2D eigenvalue weighted by Gasteiger charge is -2.20. The Morgan fingerprint density at radius 3 is 0.970 bits per heavy atom. The molecule has 0 aliphatic rings. The van der Waals surface area contributed by atoms with Gasteiger partial charge in [0.1, 0.15) is 22.3 Å². The summed E-state index contributed by atoms with van der Waals surface area (Å²) in [6.45, 7) is 0. The molecule has 4 heterocycles. The van der Waals surface area contributed by atoms with E-state index >= 15 is 0 Å². The number of para-hydroxylation sites is 8. The first-order valence-corrected chi connectivity index (χ1v) is 22.6. The summed E-state index contributed by atoms with van der Waals surface area (Å²) in [6, 6.07) is 79.1. The van der Waals surface area contributed by atoms with Gasteiger partial charge in [0.05, 0.1) is 22.1 Å². The first-order valence-electron chi connectivity index (χ1n) is 22.6. The van der Waals surface area contributed by atoms with Crippen molar-refractivity contribution in [3.63, 3.8) is 0 Å². The number of hydrogen-bond donors (Lipinski definition) is 0. The predicted octanol–water partition coefficient (Wildman–Crippen LogP) is 17.3. The van der Waals surface area contributed by atoms with E-state index in [1.807, 2.05) is 0 Å². The molecule has 0 fully saturated rings. The quantitative estimate of drug-likeness (QED) is 0.166. The average Bonchev–Trinajstić information content (AvgIpc) is 4.14. The van der Waals surface area contributed by atoms with E-state index in [2.05, 4.69) is 228 Å². The van der Waals surface area contributed by atoms with Gasteiger partial charge < -0.3 is 18.0 Å². The highest BCUT2D eigenvalue weighted by atomic mass is 16.3. The molecule has 15 rings (SSSR count). The molecule has 0 saturated carbocycles. The topological polar surface area (TPSA) is 36.1 Å². The fourth-order valence-electron chi connectivity index (χ4n) is 11.4. The lowest BCUT2D eigenvalue weighted by Crippen LogP contribution is -1.98. The van der Waals surface area contributed by atoms with E-state index in [0.717, 1.165) is 99.1 Å². The third-order valence-corrected chi connectivity index (χ3v) is 14.1. The molecule has 0 saturated heterocycles. The molecule has 66 heavy (non-hydrogen) atoms. The summed E-state index contributed by atoms with van der Waals surface area (Å²) < 4.78 is 18.7. The van der Waals surface area contributed by atoms with Crippen molar-refractivity contribution < 1.29 is 8.83 Å². The summed E-state index contributed by atoms with van der Waals surface area (Å²) in [5.41, 5.74) is 14.7. The molecule has 15 aromatic rings. The Morgan fingerprint density at radius 2 is 0.576 bits per heavy atom. The molecule has 11 aromatic carbocycles. The number of fused-ring (bicyclic) bond motifs is 14. The number of rotatable bonds is 4. The molecule has 306 valence electrons. The summed E-state index contributed by atoms with van der Waals surface area (Å²) in [5, 5.41) is 13.8. The van der Waals surface area contributed by atoms with Gasteiger partial charge in [0.15, 0.2) is 0 Å². The zero-order chi connectivity index (χ0) is 43.0. The number of furan rings is 2. The van der Waals surface area contributed by atoms with E-state index in [1.165, 1.54) is 43.6 Å². The first kappa shape index (κ1) is 35.6. The average molecular weight is 841 g/mol. The normalized spacial score (nSPS) is 12.2. The van der Waals surface area contributed by atoms with Crippen LogP contribution in [0.2, 0.25) is 0 Å². The van der Waals surface area contributed by atoms with Crippen molar-refractivity contribution in [1.29, 1.82) is 0 Å². The van der Waals surface area contributed by atoms with Crippen LogP contribution in [0.25, 0.3) is 143 Å². The summed E-state index contributed by atoms with van der Waals surface area (Å²) in [5.74, 6) is 0. The zero-order valence-electron chi connectivity index (χ0n) is 35.5. The lowest BCUT2D eigenvalue weighted by atomic mass is 9.84. The summed E-state index contributed by atoms with van der Waals surface area (Å²) in [7, 11) is 0. The van der Waals surface area contributed by atoms with Crippen LogP contribution in [0.5, 0.6) is 0 Å². The van der Waals surface area contributed by atoms with Gasteiger partial charge >= 0.3 is 0 Å². The Balaban J connectivity index is 1.14. The van der Waals surface area contributed by atoms with Crippen LogP contribution < -0.4 is 0 Å². The second-order valence-electron chi connectivity index (χ2n) is 17.5. The molecular formula is C62H36N2O2. The van der Waals surface area contributed by atoms with Crippen LogP contribution in [0, 0.1) is 0 Å². The monoisotopic (exact) mass is 840 g/mol. The molecule has 0 radical (unpaired) electrons. The highest BCUT2D eigenvalue weighted by Crippen LogP contribution is 2.50. The Hall–Kier alpha value is -8.86. The maximum absolute atomic E-state index is 6.91. The van der Waals surface area contributed by atoms with E-state index in [9.17, 15) is 0 Å². The van der Waals surface area contributed by atoms with Gasteiger partial charge in [-0.3, -0.25) is 0 Å². The molecule has 0 N–H and O–H groups in total. The summed E-state index contributed by atoms with van der Waals surface area (Å²) in [4.78, 5) is 0. The molecule has 0 atom stereocenters. The molecule has 4 heteroatoms. The van der Waals surface area contributed by atoms with Crippen molar-refractivity contribution in [3.8, 4) is 33.6 Å². The van der Waals surface area contributed by atoms with Gasteiger partial charge in [-0.15, -0.1) is 0 Å². The largest absolute Gasteiger partial charge is 0.455 e. The van der Waals surface area contributed by atoms with E-state index < -0.39 is 0 Å². The maximum atomic E-state index is 6.91. The van der Waals surface area contributed by atoms with Gasteiger partial charge in [-0.05, 0) is 82.2 Å². The first-order chi connectivity index (χ1) is 32.8. The van der Waals surface area contributed by atoms with E-state index in [4.69, 9.17) is 8.83 Å². The molecule has 0 amide bonds. The highest BCUT2D eigenvalue weighted by molar-refractivity contribution is 6.27. The Kier molecular flexibility index (Phi) is 7.19. The standard InChI is InChI=1S/C62H36N2O2/c1-7-25-53-39(15-1)40-16-2-8-26-54(40)63(53)37-31-33-45-51(35-37)59(49-23-13-21-47-43-19-5-11-29-57(43)65-61(47)49)46-34-32-38(64-55-27-9-3-17-41(55)42-18-4-10-28-56(42)64)36-52(46)60(45)50-24-14-22-48-44-20-6-12-30-58(44)66-62(48)50/h1-36H. The fraction of sp³-hybridized carbons (Fsp3) is 0. The van der Waals surface area contributed by atoms with Crippen molar-refractivity contribution in [2.75, 3.05) is 0 Å². The summed E-state index contributed by atoms with van der Waals surface area (Å²) in [6.07, 6.45) is 0. The van der Waals surface area contributed by atoms with Gasteiger partial charge in [-0.1, -0.05) is 158 Å². The van der Waals surface area contributed by atoms with Crippen molar-refractivity contribution in [3.05, 3.63) is 218 Å². The highest BCUT2D eigenvalue weighted by Gasteiger charge is 2.25. The number of benzene rings is 11. The van der Waals surface area contributed by atoms with Gasteiger partial charge in [0.25, 0.3) is 0 Å². The smallest absolute Gasteiger partial charge is 0.143 e. The third-order valence-electron chi connectivity index (χ3n) is 14.1. The van der Waals surface area contributed by atoms with Gasteiger partial charge in [0.2, 0.25) is 0 Å². The van der Waals surface area contributed by atoms with Crippen molar-refractivity contribution in [2.24, 2.45) is 0 Å². The second-order valence-corrected chi connectivity index (χ2v) is 17.5. The zero-order valence-corrected chi connectivity index (χ0v) is 35.5.